The second-order valence-corrected chi connectivity index (χ2v) is 4.75. The molecule has 2 aromatic rings. The first-order valence-corrected chi connectivity index (χ1v) is 6.91. The molecule has 0 radical (unpaired) electrons. The van der Waals surface area contributed by atoms with E-state index in [9.17, 15) is 10.2 Å². The smallest absolute Gasteiger partial charge is 0.152 e. The lowest BCUT2D eigenvalue weighted by Crippen LogP contribution is -2.27. The number of hydrogen-bond donors (Lipinski definition) is 2. The summed E-state index contributed by atoms with van der Waals surface area (Å²) in [5.74, 6) is 1.65. The molecule has 0 saturated heterocycles. The summed E-state index contributed by atoms with van der Waals surface area (Å²) < 4.78 is 16.3. The third-order valence-corrected chi connectivity index (χ3v) is 3.25. The number of aliphatic hydroxyl groups excluding tert-OH is 2. The molecule has 22 heavy (non-hydrogen) atoms. The van der Waals surface area contributed by atoms with E-state index in [0.29, 0.717) is 17.2 Å². The van der Waals surface area contributed by atoms with Gasteiger partial charge in [0.1, 0.15) is 23.4 Å². The van der Waals surface area contributed by atoms with Crippen molar-refractivity contribution in [3.05, 3.63) is 54.1 Å². The monoisotopic (exact) mass is 304 g/mol. The zero-order chi connectivity index (χ0) is 15.9. The minimum Gasteiger partial charge on any atom is -0.496 e. The maximum absolute atomic E-state index is 10.0. The lowest BCUT2D eigenvalue weighted by molar-refractivity contribution is -0.00204. The Morgan fingerprint density at radius 3 is 1.95 bits per heavy atom. The van der Waals surface area contributed by atoms with Crippen molar-refractivity contribution < 1.29 is 24.4 Å². The number of methoxy groups -OCH3 is 2. The van der Waals surface area contributed by atoms with E-state index >= 15 is 0 Å². The molecule has 5 nitrogen and oxygen atoms in total. The van der Waals surface area contributed by atoms with Gasteiger partial charge in [-0.2, -0.15) is 0 Å². The van der Waals surface area contributed by atoms with Crippen LogP contribution in [-0.4, -0.2) is 37.1 Å². The first-order valence-electron chi connectivity index (χ1n) is 6.91. The molecule has 0 spiro atoms. The molecule has 0 heterocycles. The number of rotatable bonds is 7. The van der Waals surface area contributed by atoms with E-state index in [-0.39, 0.29) is 0 Å². The lowest BCUT2D eigenvalue weighted by Gasteiger charge is -2.24. The molecule has 0 aliphatic rings. The van der Waals surface area contributed by atoms with Crippen molar-refractivity contribution in [2.45, 2.75) is 12.2 Å². The maximum Gasteiger partial charge on any atom is 0.152 e. The number of aliphatic hydroxyl groups is 2. The van der Waals surface area contributed by atoms with Crippen LogP contribution in [0.5, 0.6) is 17.2 Å². The Labute approximate surface area is 129 Å². The molecule has 0 bridgehead atoms. The van der Waals surface area contributed by atoms with Crippen LogP contribution in [0.3, 0.4) is 0 Å². The van der Waals surface area contributed by atoms with E-state index in [1.807, 2.05) is 30.3 Å². The molecule has 0 aliphatic heterocycles. The minimum absolute atomic E-state index is 0.402. The average Bonchev–Trinajstić information content (AvgIpc) is 2.59. The highest BCUT2D eigenvalue weighted by Crippen LogP contribution is 2.31. The van der Waals surface area contributed by atoms with Crippen LogP contribution < -0.4 is 14.2 Å². The van der Waals surface area contributed by atoms with Gasteiger partial charge in [0.2, 0.25) is 0 Å². The highest BCUT2D eigenvalue weighted by atomic mass is 16.5. The summed E-state index contributed by atoms with van der Waals surface area (Å²) in [5.41, 5.74) is 0.769. The first kappa shape index (κ1) is 16.1. The molecule has 2 aromatic carbocycles. The molecule has 0 aliphatic carbocycles. The molecule has 2 atom stereocenters. The second kappa shape index (κ2) is 7.68. The van der Waals surface area contributed by atoms with Gasteiger partial charge in [-0.3, -0.25) is 0 Å². The lowest BCUT2D eigenvalue weighted by atomic mass is 10.0. The Morgan fingerprint density at radius 1 is 0.909 bits per heavy atom. The highest BCUT2D eigenvalue weighted by Gasteiger charge is 2.23. The summed E-state index contributed by atoms with van der Waals surface area (Å²) in [6, 6.07) is 14.4. The molecule has 0 unspecified atom stereocenters. The van der Waals surface area contributed by atoms with Gasteiger partial charge >= 0.3 is 0 Å². The quantitative estimate of drug-likeness (QED) is 0.820. The van der Waals surface area contributed by atoms with Gasteiger partial charge in [0.25, 0.3) is 0 Å². The summed E-state index contributed by atoms with van der Waals surface area (Å²) in [6.45, 7) is -0.402. The summed E-state index contributed by atoms with van der Waals surface area (Å²) in [7, 11) is 3.10. The van der Waals surface area contributed by atoms with Gasteiger partial charge in [-0.15, -0.1) is 0 Å². The molecule has 0 amide bonds. The average molecular weight is 304 g/mol. The van der Waals surface area contributed by atoms with Crippen LogP contribution in [0, 0.1) is 0 Å². The van der Waals surface area contributed by atoms with Gasteiger partial charge in [0, 0.05) is 18.2 Å². The van der Waals surface area contributed by atoms with Gasteiger partial charge in [0.15, 0.2) is 6.10 Å². The summed E-state index contributed by atoms with van der Waals surface area (Å²) in [5, 5.41) is 19.3. The van der Waals surface area contributed by atoms with E-state index in [2.05, 4.69) is 0 Å². The van der Waals surface area contributed by atoms with Crippen LogP contribution in [0.2, 0.25) is 0 Å². The Bertz CT molecular complexity index is 563. The van der Waals surface area contributed by atoms with Gasteiger partial charge < -0.3 is 24.4 Å². The largest absolute Gasteiger partial charge is 0.496 e. The zero-order valence-electron chi connectivity index (χ0n) is 12.6. The maximum atomic E-state index is 10.0. The standard InChI is InChI=1S/C17H20O5/c1-20-13-8-14(21-2)10-15(9-13)22-17(16(19)11-18)12-6-4-3-5-7-12/h3-10,16-19H,11H2,1-2H3/t16-,17+/m0/s1. The minimum atomic E-state index is -1.04. The zero-order valence-corrected chi connectivity index (χ0v) is 12.6. The molecule has 2 rings (SSSR count). The molecule has 2 N–H and O–H groups in total. The van der Waals surface area contributed by atoms with Crippen LogP contribution in [0.4, 0.5) is 0 Å². The molecule has 0 fully saturated rings. The van der Waals surface area contributed by atoms with E-state index in [0.717, 1.165) is 5.56 Å². The van der Waals surface area contributed by atoms with Gasteiger partial charge in [-0.25, -0.2) is 0 Å². The summed E-state index contributed by atoms with van der Waals surface area (Å²) in [4.78, 5) is 0. The first-order chi connectivity index (χ1) is 10.7. The van der Waals surface area contributed by atoms with Crippen LogP contribution in [0.25, 0.3) is 0 Å². The normalized spacial score (nSPS) is 13.3. The highest BCUT2D eigenvalue weighted by molar-refractivity contribution is 5.42. The van der Waals surface area contributed by atoms with Crippen molar-refractivity contribution in [1.29, 1.82) is 0 Å². The van der Waals surface area contributed by atoms with Crippen molar-refractivity contribution in [3.8, 4) is 17.2 Å². The second-order valence-electron chi connectivity index (χ2n) is 4.75. The molecule has 5 heteroatoms. The number of benzene rings is 2. The van der Waals surface area contributed by atoms with Gasteiger partial charge in [-0.05, 0) is 5.56 Å². The predicted molar refractivity (Wildman–Crippen MR) is 82.4 cm³/mol. The van der Waals surface area contributed by atoms with Crippen molar-refractivity contribution in [1.82, 2.24) is 0 Å². The molecule has 0 aromatic heterocycles. The van der Waals surface area contributed by atoms with Crippen LogP contribution in [-0.2, 0) is 0 Å². The van der Waals surface area contributed by atoms with Crippen molar-refractivity contribution in [2.75, 3.05) is 20.8 Å². The summed E-state index contributed by atoms with van der Waals surface area (Å²) in [6.07, 6.45) is -1.73. The van der Waals surface area contributed by atoms with Crippen LogP contribution in [0.1, 0.15) is 11.7 Å². The van der Waals surface area contributed by atoms with Gasteiger partial charge in [0.05, 0.1) is 20.8 Å². The van der Waals surface area contributed by atoms with E-state index in [1.54, 1.807) is 32.4 Å². The Hall–Kier alpha value is -2.24. The summed E-state index contributed by atoms with van der Waals surface area (Å²) >= 11 is 0. The Balaban J connectivity index is 2.31. The fourth-order valence-electron chi connectivity index (χ4n) is 2.10. The van der Waals surface area contributed by atoms with Crippen LogP contribution in [0.15, 0.2) is 48.5 Å². The number of hydrogen-bond acceptors (Lipinski definition) is 5. The van der Waals surface area contributed by atoms with Crippen molar-refractivity contribution in [2.24, 2.45) is 0 Å². The van der Waals surface area contributed by atoms with E-state index < -0.39 is 18.8 Å². The van der Waals surface area contributed by atoms with E-state index in [4.69, 9.17) is 14.2 Å². The number of ether oxygens (including phenoxy) is 3. The molecule has 0 saturated carbocycles. The van der Waals surface area contributed by atoms with Crippen molar-refractivity contribution >= 4 is 0 Å². The van der Waals surface area contributed by atoms with E-state index in [1.165, 1.54) is 0 Å². The van der Waals surface area contributed by atoms with Gasteiger partial charge in [-0.1, -0.05) is 30.3 Å². The molecular formula is C17H20O5. The predicted octanol–water partition coefficient (Wildman–Crippen LogP) is 2.18. The fraction of sp³-hybridized carbons (Fsp3) is 0.294. The Morgan fingerprint density at radius 2 is 1.45 bits per heavy atom. The fourth-order valence-corrected chi connectivity index (χ4v) is 2.10. The topological polar surface area (TPSA) is 68.2 Å². The molecular weight excluding hydrogens is 284 g/mol. The SMILES string of the molecule is COc1cc(OC)cc(O[C@H](c2ccccc2)[C@@H](O)CO)c1. The van der Waals surface area contributed by atoms with Crippen LogP contribution >= 0.6 is 0 Å². The Kier molecular flexibility index (Phi) is 5.63. The van der Waals surface area contributed by atoms with Crippen molar-refractivity contribution in [3.63, 3.8) is 0 Å². The third kappa shape index (κ3) is 3.90. The third-order valence-electron chi connectivity index (χ3n) is 3.25. The molecule has 118 valence electrons.